The highest BCUT2D eigenvalue weighted by molar-refractivity contribution is 5.49. The van der Waals surface area contributed by atoms with Crippen molar-refractivity contribution in [3.8, 4) is 11.5 Å². The molecular weight excluding hydrogens is 318 g/mol. The third-order valence-corrected chi connectivity index (χ3v) is 4.79. The molecule has 0 bridgehead atoms. The lowest BCUT2D eigenvalue weighted by atomic mass is 10.1. The molecule has 1 fully saturated rings. The van der Waals surface area contributed by atoms with Crippen molar-refractivity contribution in [2.24, 2.45) is 0 Å². The first-order valence-corrected chi connectivity index (χ1v) is 8.78. The highest BCUT2D eigenvalue weighted by Gasteiger charge is 2.22. The van der Waals surface area contributed by atoms with Crippen LogP contribution in [0.4, 0.5) is 0 Å². The van der Waals surface area contributed by atoms with Gasteiger partial charge < -0.3 is 8.94 Å². The van der Waals surface area contributed by atoms with Gasteiger partial charge in [-0.25, -0.2) is 4.98 Å². The molecule has 3 aromatic rings. The van der Waals surface area contributed by atoms with Crippen molar-refractivity contribution < 1.29 is 8.94 Å². The van der Waals surface area contributed by atoms with Crippen molar-refractivity contribution in [2.75, 3.05) is 0 Å². The van der Waals surface area contributed by atoms with Crippen LogP contribution in [-0.4, -0.2) is 25.3 Å². The lowest BCUT2D eigenvalue weighted by Crippen LogP contribution is -1.94. The van der Waals surface area contributed by atoms with E-state index in [0.29, 0.717) is 36.4 Å². The fraction of sp³-hybridized carbons (Fsp3) is 0.500. The average molecular weight is 339 g/mol. The summed E-state index contributed by atoms with van der Waals surface area (Å²) >= 11 is 0. The maximum atomic E-state index is 5.79. The summed E-state index contributed by atoms with van der Waals surface area (Å²) in [5.41, 5.74) is 2.83. The summed E-state index contributed by atoms with van der Waals surface area (Å²) in [6, 6.07) is 3.92. The van der Waals surface area contributed by atoms with Crippen LogP contribution in [0.3, 0.4) is 0 Å². The molecule has 1 aliphatic rings. The Morgan fingerprint density at radius 3 is 2.60 bits per heavy atom. The van der Waals surface area contributed by atoms with Gasteiger partial charge in [-0.1, -0.05) is 24.1 Å². The van der Waals surface area contributed by atoms with E-state index in [2.05, 4.69) is 25.3 Å². The van der Waals surface area contributed by atoms with Gasteiger partial charge in [-0.2, -0.15) is 4.98 Å². The summed E-state index contributed by atoms with van der Waals surface area (Å²) in [6.07, 6.45) is 5.97. The first-order chi connectivity index (χ1) is 12.2. The van der Waals surface area contributed by atoms with Crippen LogP contribution in [0, 0.1) is 13.8 Å². The fourth-order valence-electron chi connectivity index (χ4n) is 3.13. The number of rotatable bonds is 5. The first kappa shape index (κ1) is 15.9. The van der Waals surface area contributed by atoms with Crippen molar-refractivity contribution >= 4 is 0 Å². The molecule has 0 amide bonds. The van der Waals surface area contributed by atoms with Gasteiger partial charge in [0.25, 0.3) is 0 Å². The van der Waals surface area contributed by atoms with Gasteiger partial charge >= 0.3 is 0 Å². The van der Waals surface area contributed by atoms with Gasteiger partial charge in [-0.3, -0.25) is 0 Å². The van der Waals surface area contributed by atoms with Crippen LogP contribution < -0.4 is 0 Å². The Hall–Kier alpha value is -2.57. The molecule has 0 unspecified atom stereocenters. The number of hydrogen-bond donors (Lipinski definition) is 0. The van der Waals surface area contributed by atoms with Crippen molar-refractivity contribution in [3.63, 3.8) is 0 Å². The van der Waals surface area contributed by atoms with E-state index >= 15 is 0 Å². The highest BCUT2D eigenvalue weighted by atomic mass is 16.5. The van der Waals surface area contributed by atoms with Gasteiger partial charge in [-0.05, 0) is 38.3 Å². The SMILES string of the molecule is Cc1ccc(-c2noc(CCc3nnc(C4CCCC4)o3)n2)nc1C. The van der Waals surface area contributed by atoms with Crippen LogP contribution in [0.5, 0.6) is 0 Å². The van der Waals surface area contributed by atoms with E-state index in [1.807, 2.05) is 26.0 Å². The minimum absolute atomic E-state index is 0.437. The molecule has 0 aromatic carbocycles. The minimum Gasteiger partial charge on any atom is -0.425 e. The summed E-state index contributed by atoms with van der Waals surface area (Å²) in [6.45, 7) is 4.00. The molecule has 0 N–H and O–H groups in total. The molecule has 0 radical (unpaired) electrons. The second-order valence-electron chi connectivity index (χ2n) is 6.63. The van der Waals surface area contributed by atoms with Crippen LogP contribution in [-0.2, 0) is 12.8 Å². The van der Waals surface area contributed by atoms with E-state index in [4.69, 9.17) is 8.94 Å². The van der Waals surface area contributed by atoms with Gasteiger partial charge in [0.1, 0.15) is 5.69 Å². The van der Waals surface area contributed by atoms with Gasteiger partial charge in [0, 0.05) is 24.5 Å². The fourth-order valence-corrected chi connectivity index (χ4v) is 3.13. The van der Waals surface area contributed by atoms with Crippen LogP contribution >= 0.6 is 0 Å². The number of hydrogen-bond acceptors (Lipinski definition) is 7. The average Bonchev–Trinajstić information content (AvgIpc) is 3.36. The molecule has 4 rings (SSSR count). The lowest BCUT2D eigenvalue weighted by Gasteiger charge is -2.00. The third-order valence-electron chi connectivity index (χ3n) is 4.79. The molecule has 25 heavy (non-hydrogen) atoms. The number of pyridine rings is 1. The maximum absolute atomic E-state index is 5.79. The molecule has 0 spiro atoms. The lowest BCUT2D eigenvalue weighted by molar-refractivity contribution is 0.367. The molecule has 0 atom stereocenters. The van der Waals surface area contributed by atoms with E-state index in [9.17, 15) is 0 Å². The van der Waals surface area contributed by atoms with E-state index in [0.717, 1.165) is 35.7 Å². The van der Waals surface area contributed by atoms with E-state index in [1.165, 1.54) is 12.8 Å². The second kappa shape index (κ2) is 6.74. The molecule has 130 valence electrons. The van der Waals surface area contributed by atoms with Crippen LogP contribution in [0.2, 0.25) is 0 Å². The monoisotopic (exact) mass is 339 g/mol. The predicted octanol–water partition coefficient (Wildman–Crippen LogP) is 3.57. The van der Waals surface area contributed by atoms with Crippen molar-refractivity contribution in [1.29, 1.82) is 0 Å². The topological polar surface area (TPSA) is 90.7 Å². The first-order valence-electron chi connectivity index (χ1n) is 8.78. The second-order valence-corrected chi connectivity index (χ2v) is 6.63. The van der Waals surface area contributed by atoms with Crippen molar-refractivity contribution in [3.05, 3.63) is 41.1 Å². The largest absolute Gasteiger partial charge is 0.425 e. The predicted molar refractivity (Wildman–Crippen MR) is 89.9 cm³/mol. The quantitative estimate of drug-likeness (QED) is 0.701. The highest BCUT2D eigenvalue weighted by Crippen LogP contribution is 2.33. The Morgan fingerprint density at radius 1 is 1.00 bits per heavy atom. The third kappa shape index (κ3) is 3.45. The molecule has 1 aliphatic carbocycles. The van der Waals surface area contributed by atoms with E-state index in [1.54, 1.807) is 0 Å². The Morgan fingerprint density at radius 2 is 1.80 bits per heavy atom. The summed E-state index contributed by atoms with van der Waals surface area (Å²) in [5.74, 6) is 2.90. The minimum atomic E-state index is 0.437. The normalized spacial score (nSPS) is 15.1. The number of nitrogens with zero attached hydrogens (tertiary/aromatic N) is 5. The Kier molecular flexibility index (Phi) is 4.29. The molecule has 0 saturated heterocycles. The summed E-state index contributed by atoms with van der Waals surface area (Å²) in [4.78, 5) is 8.92. The van der Waals surface area contributed by atoms with Crippen molar-refractivity contribution in [2.45, 2.75) is 58.3 Å². The number of aryl methyl sites for hydroxylation is 4. The molecule has 3 heterocycles. The maximum Gasteiger partial charge on any atom is 0.227 e. The zero-order valence-corrected chi connectivity index (χ0v) is 14.5. The Labute approximate surface area is 145 Å². The summed E-state index contributed by atoms with van der Waals surface area (Å²) in [5, 5.41) is 12.4. The van der Waals surface area contributed by atoms with Gasteiger partial charge in [0.05, 0.1) is 0 Å². The molecule has 7 heteroatoms. The zero-order chi connectivity index (χ0) is 17.2. The molecule has 7 nitrogen and oxygen atoms in total. The molecule has 1 saturated carbocycles. The molecule has 0 aliphatic heterocycles. The number of aromatic nitrogens is 5. The Balaban J connectivity index is 1.40. The van der Waals surface area contributed by atoms with Gasteiger partial charge in [-0.15, -0.1) is 10.2 Å². The molecule has 3 aromatic heterocycles. The summed E-state index contributed by atoms with van der Waals surface area (Å²) < 4.78 is 11.1. The zero-order valence-electron chi connectivity index (χ0n) is 14.5. The smallest absolute Gasteiger partial charge is 0.227 e. The van der Waals surface area contributed by atoms with Gasteiger partial charge in [0.2, 0.25) is 23.5 Å². The standard InChI is InChI=1S/C18H21N5O2/c1-11-7-8-14(19-12(11)2)17-20-15(25-23-17)9-10-16-21-22-18(24-16)13-5-3-4-6-13/h7-8,13H,3-6,9-10H2,1-2H3. The van der Waals surface area contributed by atoms with Crippen LogP contribution in [0.1, 0.15) is 60.5 Å². The summed E-state index contributed by atoms with van der Waals surface area (Å²) in [7, 11) is 0. The Bertz CT molecular complexity index is 864. The van der Waals surface area contributed by atoms with Crippen LogP contribution in [0.25, 0.3) is 11.5 Å². The van der Waals surface area contributed by atoms with Crippen LogP contribution in [0.15, 0.2) is 21.1 Å². The van der Waals surface area contributed by atoms with E-state index < -0.39 is 0 Å². The van der Waals surface area contributed by atoms with Gasteiger partial charge in [0.15, 0.2) is 0 Å². The van der Waals surface area contributed by atoms with E-state index in [-0.39, 0.29) is 0 Å². The van der Waals surface area contributed by atoms with Crippen molar-refractivity contribution in [1.82, 2.24) is 25.3 Å². The molecular formula is C18H21N5O2.